The molecule has 3 aromatic rings. The second kappa shape index (κ2) is 9.40. The van der Waals surface area contributed by atoms with Crippen molar-refractivity contribution in [3.63, 3.8) is 0 Å². The third kappa shape index (κ3) is 5.46. The highest BCUT2D eigenvalue weighted by Crippen LogP contribution is 2.20. The van der Waals surface area contributed by atoms with E-state index in [1.807, 2.05) is 0 Å². The van der Waals surface area contributed by atoms with Crippen LogP contribution in [0.3, 0.4) is 0 Å². The van der Waals surface area contributed by atoms with E-state index in [1.165, 1.54) is 66.7 Å². The minimum absolute atomic E-state index is 0.0888. The van der Waals surface area contributed by atoms with E-state index in [0.29, 0.717) is 11.3 Å². The standard InChI is InChI=1S/C22H19FN2O5S/c1-2-30-22(27)15-10-12-17(13-11-15)24-21(26)16-6-5-7-18(14-16)31(28,29)25-20-9-4-3-8-19(20)23/h3-14,25H,2H2,1H3,(H,24,26). The summed E-state index contributed by atoms with van der Waals surface area (Å²) in [5.41, 5.74) is 0.646. The molecule has 3 rings (SSSR count). The summed E-state index contributed by atoms with van der Waals surface area (Å²) in [6.07, 6.45) is 0. The first-order chi connectivity index (χ1) is 14.8. The number of halogens is 1. The van der Waals surface area contributed by atoms with Gasteiger partial charge in [0.1, 0.15) is 5.82 Å². The van der Waals surface area contributed by atoms with Crippen LogP contribution in [-0.2, 0) is 14.8 Å². The summed E-state index contributed by atoms with van der Waals surface area (Å²) in [4.78, 5) is 24.0. The van der Waals surface area contributed by atoms with Gasteiger partial charge in [0, 0.05) is 11.3 Å². The molecule has 0 heterocycles. The summed E-state index contributed by atoms with van der Waals surface area (Å²) in [5.74, 6) is -1.74. The molecular formula is C22H19FN2O5S. The van der Waals surface area contributed by atoms with E-state index in [9.17, 15) is 22.4 Å². The lowest BCUT2D eigenvalue weighted by Crippen LogP contribution is -2.16. The zero-order valence-electron chi connectivity index (χ0n) is 16.5. The molecule has 7 nitrogen and oxygen atoms in total. The third-order valence-corrected chi connectivity index (χ3v) is 5.54. The predicted octanol–water partition coefficient (Wildman–Crippen LogP) is 4.06. The van der Waals surface area contributed by atoms with Crippen LogP contribution in [0, 0.1) is 5.82 Å². The van der Waals surface area contributed by atoms with Gasteiger partial charge in [0.15, 0.2) is 0 Å². The molecule has 0 fully saturated rings. The van der Waals surface area contributed by atoms with E-state index in [4.69, 9.17) is 4.74 Å². The zero-order chi connectivity index (χ0) is 22.4. The Labute approximate surface area is 178 Å². The number of ether oxygens (including phenoxy) is 1. The van der Waals surface area contributed by atoms with Gasteiger partial charge in [-0.1, -0.05) is 18.2 Å². The molecular weight excluding hydrogens is 423 g/mol. The fourth-order valence-corrected chi connectivity index (χ4v) is 3.77. The van der Waals surface area contributed by atoms with Crippen molar-refractivity contribution < 1.29 is 27.1 Å². The van der Waals surface area contributed by atoms with Crippen molar-refractivity contribution in [2.24, 2.45) is 0 Å². The van der Waals surface area contributed by atoms with Crippen LogP contribution in [0.15, 0.2) is 77.7 Å². The Balaban J connectivity index is 1.75. The van der Waals surface area contributed by atoms with Crippen molar-refractivity contribution in [2.75, 3.05) is 16.6 Å². The van der Waals surface area contributed by atoms with Gasteiger partial charge in [0.2, 0.25) is 0 Å². The molecule has 0 aliphatic rings. The van der Waals surface area contributed by atoms with Gasteiger partial charge in [0.25, 0.3) is 15.9 Å². The van der Waals surface area contributed by atoms with Gasteiger partial charge in [0.05, 0.1) is 22.8 Å². The molecule has 31 heavy (non-hydrogen) atoms. The maximum atomic E-state index is 13.8. The zero-order valence-corrected chi connectivity index (χ0v) is 17.3. The topological polar surface area (TPSA) is 102 Å². The van der Waals surface area contributed by atoms with Crippen molar-refractivity contribution in [1.82, 2.24) is 0 Å². The van der Waals surface area contributed by atoms with Crippen molar-refractivity contribution in [3.05, 3.63) is 89.7 Å². The van der Waals surface area contributed by atoms with Crippen LogP contribution in [0.4, 0.5) is 15.8 Å². The molecule has 3 aromatic carbocycles. The molecule has 0 saturated carbocycles. The Morgan fingerprint density at radius 3 is 2.32 bits per heavy atom. The molecule has 0 atom stereocenters. The lowest BCUT2D eigenvalue weighted by atomic mass is 10.2. The van der Waals surface area contributed by atoms with Gasteiger partial charge < -0.3 is 10.1 Å². The molecule has 9 heteroatoms. The molecule has 0 aliphatic heterocycles. The Bertz CT molecular complexity index is 1210. The van der Waals surface area contributed by atoms with Crippen LogP contribution in [0.1, 0.15) is 27.6 Å². The molecule has 0 aliphatic carbocycles. The number of rotatable bonds is 7. The number of hydrogen-bond acceptors (Lipinski definition) is 5. The second-order valence-corrected chi connectivity index (χ2v) is 8.05. The number of hydrogen-bond donors (Lipinski definition) is 2. The monoisotopic (exact) mass is 442 g/mol. The molecule has 0 spiro atoms. The molecule has 0 bridgehead atoms. The van der Waals surface area contributed by atoms with Crippen molar-refractivity contribution >= 4 is 33.3 Å². The van der Waals surface area contributed by atoms with E-state index < -0.39 is 27.7 Å². The minimum Gasteiger partial charge on any atom is -0.462 e. The Kier molecular flexibility index (Phi) is 6.66. The number of esters is 1. The summed E-state index contributed by atoms with van der Waals surface area (Å²) >= 11 is 0. The van der Waals surface area contributed by atoms with Crippen LogP contribution in [0.2, 0.25) is 0 Å². The first kappa shape index (κ1) is 22.0. The van der Waals surface area contributed by atoms with Gasteiger partial charge in [-0.2, -0.15) is 0 Å². The lowest BCUT2D eigenvalue weighted by molar-refractivity contribution is 0.0526. The number of anilines is 2. The van der Waals surface area contributed by atoms with Gasteiger partial charge in [-0.25, -0.2) is 17.6 Å². The number of benzene rings is 3. The number of carbonyl (C=O) groups excluding carboxylic acids is 2. The maximum absolute atomic E-state index is 13.8. The van der Waals surface area contributed by atoms with Crippen LogP contribution in [0.25, 0.3) is 0 Å². The van der Waals surface area contributed by atoms with Crippen molar-refractivity contribution in [2.45, 2.75) is 11.8 Å². The van der Waals surface area contributed by atoms with Crippen molar-refractivity contribution in [3.8, 4) is 0 Å². The molecule has 1 amide bonds. The van der Waals surface area contributed by atoms with Gasteiger partial charge in [-0.3, -0.25) is 9.52 Å². The second-order valence-electron chi connectivity index (χ2n) is 6.37. The third-order valence-electron chi connectivity index (χ3n) is 4.18. The van der Waals surface area contributed by atoms with Crippen molar-refractivity contribution in [1.29, 1.82) is 0 Å². The first-order valence-electron chi connectivity index (χ1n) is 9.26. The number of amides is 1. The van der Waals surface area contributed by atoms with E-state index in [2.05, 4.69) is 10.0 Å². The van der Waals surface area contributed by atoms with Gasteiger partial charge in [-0.05, 0) is 61.5 Å². The first-order valence-corrected chi connectivity index (χ1v) is 10.7. The SMILES string of the molecule is CCOC(=O)c1ccc(NC(=O)c2cccc(S(=O)(=O)Nc3ccccc3F)c2)cc1. The molecule has 0 aromatic heterocycles. The summed E-state index contributed by atoms with van der Waals surface area (Å²) in [6.45, 7) is 1.95. The maximum Gasteiger partial charge on any atom is 0.338 e. The summed E-state index contributed by atoms with van der Waals surface area (Å²) in [6, 6.07) is 16.8. The van der Waals surface area contributed by atoms with Crippen LogP contribution in [0.5, 0.6) is 0 Å². The van der Waals surface area contributed by atoms with Crippen LogP contribution in [-0.4, -0.2) is 26.9 Å². The largest absolute Gasteiger partial charge is 0.462 e. The van der Waals surface area contributed by atoms with Crippen LogP contribution >= 0.6 is 0 Å². The highest BCUT2D eigenvalue weighted by Gasteiger charge is 2.18. The highest BCUT2D eigenvalue weighted by molar-refractivity contribution is 7.92. The van der Waals surface area contributed by atoms with E-state index >= 15 is 0 Å². The molecule has 0 saturated heterocycles. The molecule has 160 valence electrons. The quantitative estimate of drug-likeness (QED) is 0.538. The normalized spacial score (nSPS) is 10.9. The lowest BCUT2D eigenvalue weighted by Gasteiger charge is -2.10. The number of nitrogens with one attached hydrogen (secondary N) is 2. The Morgan fingerprint density at radius 2 is 1.65 bits per heavy atom. The smallest absolute Gasteiger partial charge is 0.338 e. The minimum atomic E-state index is -4.11. The number of sulfonamides is 1. The number of para-hydroxylation sites is 1. The number of carbonyl (C=O) groups is 2. The summed E-state index contributed by atoms with van der Waals surface area (Å²) in [7, 11) is -4.11. The molecule has 0 unspecified atom stereocenters. The Morgan fingerprint density at radius 1 is 0.935 bits per heavy atom. The molecule has 0 radical (unpaired) electrons. The fraction of sp³-hybridized carbons (Fsp3) is 0.0909. The van der Waals surface area contributed by atoms with Crippen LogP contribution < -0.4 is 10.0 Å². The molecule has 2 N–H and O–H groups in total. The average molecular weight is 442 g/mol. The van der Waals surface area contributed by atoms with Gasteiger partial charge in [-0.15, -0.1) is 0 Å². The summed E-state index contributed by atoms with van der Waals surface area (Å²) < 4.78 is 46.0. The predicted molar refractivity (Wildman–Crippen MR) is 114 cm³/mol. The Hall–Kier alpha value is -3.72. The fourth-order valence-electron chi connectivity index (χ4n) is 2.66. The average Bonchev–Trinajstić information content (AvgIpc) is 2.76. The van der Waals surface area contributed by atoms with E-state index in [0.717, 1.165) is 6.07 Å². The summed E-state index contributed by atoms with van der Waals surface area (Å²) in [5, 5.41) is 2.63. The van der Waals surface area contributed by atoms with E-state index in [-0.39, 0.29) is 22.8 Å². The van der Waals surface area contributed by atoms with E-state index in [1.54, 1.807) is 6.92 Å². The highest BCUT2D eigenvalue weighted by atomic mass is 32.2. The van der Waals surface area contributed by atoms with Gasteiger partial charge >= 0.3 is 5.97 Å².